The van der Waals surface area contributed by atoms with E-state index in [9.17, 15) is 19.2 Å². The van der Waals surface area contributed by atoms with E-state index in [2.05, 4.69) is 4.98 Å². The van der Waals surface area contributed by atoms with Crippen molar-refractivity contribution < 1.29 is 9.59 Å². The average molecular weight is 490 g/mol. The molecular weight excluding hydrogens is 458 g/mol. The highest BCUT2D eigenvalue weighted by atomic mass is 16.2. The van der Waals surface area contributed by atoms with Crippen LogP contribution >= 0.6 is 0 Å². The highest BCUT2D eigenvalue weighted by Gasteiger charge is 2.37. The summed E-state index contributed by atoms with van der Waals surface area (Å²) in [6.07, 6.45) is 0.580. The third-order valence-electron chi connectivity index (χ3n) is 6.59. The number of rotatable bonds is 7. The van der Waals surface area contributed by atoms with Crippen LogP contribution in [0.25, 0.3) is 0 Å². The first-order chi connectivity index (χ1) is 17.2. The molecule has 9 nitrogen and oxygen atoms in total. The standard InChI is InChI=1S/C27H31N5O4/c1-17(2)13-14-31(26(35)20-15-22(33)30(3)21-12-8-7-11-19(20)21)23-24(28)32(27(36)29-25(23)34)16-18-9-5-4-6-10-18/h4-12,17,20H,13-16,28H2,1-3H3,(H,29,34,36). The first-order valence-corrected chi connectivity index (χ1v) is 12.0. The lowest BCUT2D eigenvalue weighted by Crippen LogP contribution is -2.46. The van der Waals surface area contributed by atoms with Gasteiger partial charge in [0, 0.05) is 25.7 Å². The minimum Gasteiger partial charge on any atom is -0.383 e. The fraction of sp³-hybridized carbons (Fsp3) is 0.333. The summed E-state index contributed by atoms with van der Waals surface area (Å²) in [5, 5.41) is 0. The van der Waals surface area contributed by atoms with E-state index in [-0.39, 0.29) is 42.8 Å². The molecule has 9 heteroatoms. The van der Waals surface area contributed by atoms with Gasteiger partial charge in [-0.25, -0.2) is 4.79 Å². The molecule has 1 aliphatic rings. The van der Waals surface area contributed by atoms with Gasteiger partial charge in [-0.2, -0.15) is 0 Å². The van der Waals surface area contributed by atoms with Crippen molar-refractivity contribution in [1.82, 2.24) is 9.55 Å². The molecule has 0 bridgehead atoms. The monoisotopic (exact) mass is 489 g/mol. The molecular formula is C27H31N5O4. The van der Waals surface area contributed by atoms with Gasteiger partial charge < -0.3 is 15.5 Å². The number of nitrogen functional groups attached to an aromatic ring is 1. The highest BCUT2D eigenvalue weighted by molar-refractivity contribution is 6.07. The van der Waals surface area contributed by atoms with Crippen LogP contribution in [0, 0.1) is 5.92 Å². The Morgan fingerprint density at radius 3 is 2.44 bits per heavy atom. The van der Waals surface area contributed by atoms with Crippen molar-refractivity contribution in [3.8, 4) is 0 Å². The van der Waals surface area contributed by atoms with E-state index in [0.717, 1.165) is 5.56 Å². The van der Waals surface area contributed by atoms with Crippen LogP contribution in [0.15, 0.2) is 64.2 Å². The van der Waals surface area contributed by atoms with Crippen LogP contribution in [0.2, 0.25) is 0 Å². The summed E-state index contributed by atoms with van der Waals surface area (Å²) >= 11 is 0. The van der Waals surface area contributed by atoms with E-state index < -0.39 is 23.1 Å². The smallest absolute Gasteiger partial charge is 0.330 e. The third-order valence-corrected chi connectivity index (χ3v) is 6.59. The number of amides is 2. The zero-order valence-electron chi connectivity index (χ0n) is 20.7. The number of anilines is 3. The zero-order valence-corrected chi connectivity index (χ0v) is 20.7. The van der Waals surface area contributed by atoms with Crippen LogP contribution in [-0.4, -0.2) is 35.0 Å². The van der Waals surface area contributed by atoms with Crippen molar-refractivity contribution >= 4 is 29.0 Å². The van der Waals surface area contributed by atoms with E-state index in [1.807, 2.05) is 62.4 Å². The Hall–Kier alpha value is -4.14. The number of carbonyl (C=O) groups is 2. The normalized spacial score (nSPS) is 15.2. The van der Waals surface area contributed by atoms with Crippen LogP contribution in [-0.2, 0) is 16.1 Å². The molecule has 0 saturated heterocycles. The lowest BCUT2D eigenvalue weighted by atomic mass is 9.88. The molecule has 1 atom stereocenters. The summed E-state index contributed by atoms with van der Waals surface area (Å²) in [5.74, 6) is -1.21. The van der Waals surface area contributed by atoms with Crippen molar-refractivity contribution in [2.24, 2.45) is 5.92 Å². The van der Waals surface area contributed by atoms with Gasteiger partial charge in [-0.05, 0) is 29.5 Å². The van der Waals surface area contributed by atoms with Gasteiger partial charge in [0.05, 0.1) is 12.5 Å². The molecule has 0 spiro atoms. The second kappa shape index (κ2) is 10.2. The second-order valence-corrected chi connectivity index (χ2v) is 9.51. The van der Waals surface area contributed by atoms with E-state index in [1.54, 1.807) is 18.0 Å². The van der Waals surface area contributed by atoms with Crippen molar-refractivity contribution in [2.45, 2.75) is 39.2 Å². The summed E-state index contributed by atoms with van der Waals surface area (Å²) in [5.41, 5.74) is 7.17. The number of nitrogens with one attached hydrogen (secondary N) is 1. The van der Waals surface area contributed by atoms with Crippen molar-refractivity contribution in [3.63, 3.8) is 0 Å². The summed E-state index contributed by atoms with van der Waals surface area (Å²) in [7, 11) is 1.68. The van der Waals surface area contributed by atoms with Crippen LogP contribution in [0.1, 0.15) is 43.7 Å². The molecule has 0 fully saturated rings. The molecule has 4 rings (SSSR count). The van der Waals surface area contributed by atoms with Gasteiger partial charge in [-0.3, -0.25) is 23.9 Å². The Morgan fingerprint density at radius 1 is 1.08 bits per heavy atom. The molecule has 188 valence electrons. The third kappa shape index (κ3) is 4.82. The van der Waals surface area contributed by atoms with E-state index in [0.29, 0.717) is 17.7 Å². The number of aromatic nitrogens is 2. The Labute approximate surface area is 209 Å². The largest absolute Gasteiger partial charge is 0.383 e. The molecule has 2 amide bonds. The summed E-state index contributed by atoms with van der Waals surface area (Å²) in [6.45, 7) is 4.38. The first-order valence-electron chi connectivity index (χ1n) is 12.0. The number of nitrogens with zero attached hydrogens (tertiary/aromatic N) is 3. The molecule has 1 unspecified atom stereocenters. The number of hydrogen-bond acceptors (Lipinski definition) is 5. The minimum absolute atomic E-state index is 0.0218. The topological polar surface area (TPSA) is 121 Å². The highest BCUT2D eigenvalue weighted by Crippen LogP contribution is 2.37. The second-order valence-electron chi connectivity index (χ2n) is 9.51. The van der Waals surface area contributed by atoms with Gasteiger partial charge >= 0.3 is 5.69 Å². The predicted molar refractivity (Wildman–Crippen MR) is 140 cm³/mol. The number of hydrogen-bond donors (Lipinski definition) is 2. The molecule has 3 aromatic rings. The number of fused-ring (bicyclic) bond motifs is 1. The summed E-state index contributed by atoms with van der Waals surface area (Å²) < 4.78 is 1.26. The van der Waals surface area contributed by atoms with Gasteiger partial charge in [-0.15, -0.1) is 0 Å². The van der Waals surface area contributed by atoms with Gasteiger partial charge in [0.25, 0.3) is 5.56 Å². The maximum absolute atomic E-state index is 14.0. The lowest BCUT2D eigenvalue weighted by Gasteiger charge is -2.34. The van der Waals surface area contributed by atoms with E-state index in [4.69, 9.17) is 5.73 Å². The summed E-state index contributed by atoms with van der Waals surface area (Å²) in [4.78, 5) is 57.8. The Balaban J connectivity index is 1.82. The molecule has 1 aromatic heterocycles. The maximum atomic E-state index is 14.0. The summed E-state index contributed by atoms with van der Waals surface area (Å²) in [6, 6.07) is 16.5. The van der Waals surface area contributed by atoms with Crippen molar-refractivity contribution in [1.29, 1.82) is 0 Å². The quantitative estimate of drug-likeness (QED) is 0.529. The molecule has 1 aliphatic heterocycles. The molecule has 36 heavy (non-hydrogen) atoms. The van der Waals surface area contributed by atoms with E-state index >= 15 is 0 Å². The number of benzene rings is 2. The van der Waals surface area contributed by atoms with Crippen LogP contribution in [0.4, 0.5) is 17.2 Å². The number of carbonyl (C=O) groups excluding carboxylic acids is 2. The minimum atomic E-state index is -0.773. The van der Waals surface area contributed by atoms with Crippen LogP contribution in [0.5, 0.6) is 0 Å². The molecule has 2 heterocycles. The van der Waals surface area contributed by atoms with Gasteiger partial charge in [0.1, 0.15) is 5.82 Å². The molecule has 3 N–H and O–H groups in total. The fourth-order valence-electron chi connectivity index (χ4n) is 4.53. The fourth-order valence-corrected chi connectivity index (χ4v) is 4.53. The first kappa shape index (κ1) is 25.0. The van der Waals surface area contributed by atoms with Crippen LogP contribution in [0.3, 0.4) is 0 Å². The average Bonchev–Trinajstić information content (AvgIpc) is 2.86. The SMILES string of the molecule is CC(C)CCN(C(=O)C1CC(=O)N(C)c2ccccc21)c1c(N)n(Cc2ccccc2)c(=O)[nH]c1=O. The van der Waals surface area contributed by atoms with Crippen LogP contribution < -0.4 is 26.8 Å². The molecule has 0 radical (unpaired) electrons. The number of nitrogens with two attached hydrogens (primary N) is 1. The van der Waals surface area contributed by atoms with Gasteiger partial charge in [0.2, 0.25) is 11.8 Å². The Morgan fingerprint density at radius 2 is 1.75 bits per heavy atom. The Kier molecular flexibility index (Phi) is 7.10. The molecule has 0 saturated carbocycles. The van der Waals surface area contributed by atoms with Crippen molar-refractivity contribution in [3.05, 3.63) is 86.6 Å². The zero-order chi connectivity index (χ0) is 26.0. The van der Waals surface area contributed by atoms with Gasteiger partial charge in [-0.1, -0.05) is 62.4 Å². The molecule has 0 aliphatic carbocycles. The maximum Gasteiger partial charge on any atom is 0.330 e. The molecule has 2 aromatic carbocycles. The van der Waals surface area contributed by atoms with E-state index in [1.165, 1.54) is 9.47 Å². The number of para-hydroxylation sites is 1. The number of H-pyrrole nitrogens is 1. The predicted octanol–water partition coefficient (Wildman–Crippen LogP) is 2.70. The van der Waals surface area contributed by atoms with Crippen molar-refractivity contribution in [2.75, 3.05) is 29.1 Å². The van der Waals surface area contributed by atoms with Gasteiger partial charge in [0.15, 0.2) is 5.69 Å². The Bertz CT molecular complexity index is 1390. The number of aromatic amines is 1. The lowest BCUT2D eigenvalue weighted by molar-refractivity contribution is -0.125.